The molecule has 31 heavy (non-hydrogen) atoms. The normalized spacial score (nSPS) is 25.5. The molecule has 4 nitrogen and oxygen atoms in total. The Morgan fingerprint density at radius 2 is 1.65 bits per heavy atom. The summed E-state index contributed by atoms with van der Waals surface area (Å²) in [4.78, 5) is 14.9. The van der Waals surface area contributed by atoms with Crippen molar-refractivity contribution in [2.75, 3.05) is 25.5 Å². The average Bonchev–Trinajstić information content (AvgIpc) is 3.45. The second-order valence-electron chi connectivity index (χ2n) is 9.17. The Kier molecular flexibility index (Phi) is 5.41. The van der Waals surface area contributed by atoms with E-state index in [-0.39, 0.29) is 7.33 Å². The molecule has 5 rings (SSSR count). The molecule has 1 amide bonds. The van der Waals surface area contributed by atoms with Gasteiger partial charge in [-0.05, 0) is 73.0 Å². The van der Waals surface area contributed by atoms with Gasteiger partial charge in [-0.3, -0.25) is 4.79 Å². The van der Waals surface area contributed by atoms with E-state index in [9.17, 15) is 4.79 Å². The van der Waals surface area contributed by atoms with Gasteiger partial charge in [-0.25, -0.2) is 0 Å². The van der Waals surface area contributed by atoms with Crippen molar-refractivity contribution in [2.45, 2.75) is 25.9 Å². The molecule has 162 valence electrons. The number of nitrogens with zero attached hydrogens (tertiary/aromatic N) is 1. The van der Waals surface area contributed by atoms with Crippen molar-refractivity contribution in [2.24, 2.45) is 17.8 Å². The number of piperidine rings is 1. The lowest BCUT2D eigenvalue weighted by molar-refractivity contribution is -0.112. The number of allylic oxidation sites excluding steroid dienone is 2. The Balaban J connectivity index is 0.00000245. The third-order valence-corrected chi connectivity index (χ3v) is 6.95. The summed E-state index contributed by atoms with van der Waals surface area (Å²) in [6, 6.07) is 16.3. The fourth-order valence-corrected chi connectivity index (χ4v) is 4.69. The predicted octanol–water partition coefficient (Wildman–Crippen LogP) is 5.39. The number of ether oxygens (including phenoxy) is 1. The zero-order valence-electron chi connectivity index (χ0n) is 18.3. The average molecular weight is 417 g/mol. The topological polar surface area (TPSA) is 41.6 Å². The van der Waals surface area contributed by atoms with Crippen molar-refractivity contribution >= 4 is 11.6 Å². The van der Waals surface area contributed by atoms with Gasteiger partial charge in [0.2, 0.25) is 0 Å². The fraction of sp³-hybridized carbons (Fsp3) is 0.370. The minimum Gasteiger partial charge on any atom is -0.490 e. The summed E-state index contributed by atoms with van der Waals surface area (Å²) in [5, 5.41) is 3.02. The first-order chi connectivity index (χ1) is 15.1. The van der Waals surface area contributed by atoms with Crippen LogP contribution in [0.3, 0.4) is 0 Å². The number of likely N-dealkylation sites (tertiary alicyclic amines) is 1. The van der Waals surface area contributed by atoms with Crippen molar-refractivity contribution in [1.82, 2.24) is 4.90 Å². The SMILES string of the molecule is CC1C2C=CC(C(=O)Nc3ccc(-c4ccc(OC5CCN(C)CC5)cc4)cc3)=CC12.[HH]. The van der Waals surface area contributed by atoms with Gasteiger partial charge < -0.3 is 15.0 Å². The van der Waals surface area contributed by atoms with Gasteiger partial charge in [0.25, 0.3) is 5.91 Å². The first kappa shape index (κ1) is 20.1. The van der Waals surface area contributed by atoms with Crippen molar-refractivity contribution in [3.63, 3.8) is 0 Å². The molecule has 2 aromatic carbocycles. The van der Waals surface area contributed by atoms with Gasteiger partial charge in [-0.15, -0.1) is 0 Å². The molecule has 0 spiro atoms. The van der Waals surface area contributed by atoms with E-state index < -0.39 is 0 Å². The molecule has 0 bridgehead atoms. The summed E-state index contributed by atoms with van der Waals surface area (Å²) < 4.78 is 6.15. The highest BCUT2D eigenvalue weighted by Gasteiger charge is 2.45. The standard InChI is InChI=1S/C27H30N2O2.H2/c1-18-25-12-7-21(17-26(18)25)27(30)28-22-8-3-19(4-9-22)20-5-10-23(11-6-20)31-24-13-15-29(2)16-14-24;/h3-12,17-18,24-26H,13-16H2,1-2H3,(H,28,30);1H. The zero-order valence-corrected chi connectivity index (χ0v) is 18.3. The number of hydrogen-bond acceptors (Lipinski definition) is 3. The van der Waals surface area contributed by atoms with E-state index in [4.69, 9.17) is 4.74 Å². The number of fused-ring (bicyclic) bond motifs is 1. The molecular weight excluding hydrogens is 384 g/mol. The van der Waals surface area contributed by atoms with Gasteiger partial charge in [-0.1, -0.05) is 49.4 Å². The number of rotatable bonds is 5. The van der Waals surface area contributed by atoms with E-state index in [1.807, 2.05) is 30.3 Å². The number of anilines is 1. The van der Waals surface area contributed by atoms with Gasteiger partial charge >= 0.3 is 0 Å². The predicted molar refractivity (Wildman–Crippen MR) is 127 cm³/mol. The second kappa shape index (κ2) is 8.35. The molecule has 0 radical (unpaired) electrons. The van der Waals surface area contributed by atoms with Crippen molar-refractivity contribution in [3.05, 3.63) is 72.3 Å². The van der Waals surface area contributed by atoms with E-state index in [0.29, 0.717) is 23.9 Å². The lowest BCUT2D eigenvalue weighted by Gasteiger charge is -2.29. The van der Waals surface area contributed by atoms with Crippen molar-refractivity contribution in [3.8, 4) is 16.9 Å². The van der Waals surface area contributed by atoms with Crippen LogP contribution in [0, 0.1) is 17.8 Å². The van der Waals surface area contributed by atoms with Crippen LogP contribution in [0.15, 0.2) is 72.3 Å². The number of carbonyl (C=O) groups excluding carboxylic acids is 1. The molecule has 1 saturated heterocycles. The molecule has 0 aromatic heterocycles. The lowest BCUT2D eigenvalue weighted by Crippen LogP contribution is -2.35. The fourth-order valence-electron chi connectivity index (χ4n) is 4.69. The van der Waals surface area contributed by atoms with Crippen LogP contribution in [0.25, 0.3) is 11.1 Å². The molecule has 3 atom stereocenters. The number of amides is 1. The highest BCUT2D eigenvalue weighted by Crippen LogP contribution is 2.50. The molecule has 1 N–H and O–H groups in total. The summed E-state index contributed by atoms with van der Waals surface area (Å²) >= 11 is 0. The van der Waals surface area contributed by atoms with Gasteiger partial charge in [-0.2, -0.15) is 0 Å². The number of benzene rings is 2. The van der Waals surface area contributed by atoms with E-state index in [1.54, 1.807) is 0 Å². The first-order valence-corrected chi connectivity index (χ1v) is 11.3. The number of nitrogens with one attached hydrogen (secondary N) is 1. The van der Waals surface area contributed by atoms with Crippen molar-refractivity contribution < 1.29 is 11.0 Å². The van der Waals surface area contributed by atoms with Crippen LogP contribution in [0.1, 0.15) is 21.2 Å². The van der Waals surface area contributed by atoms with Crippen LogP contribution in [0.2, 0.25) is 0 Å². The molecule has 2 aliphatic carbocycles. The molecule has 4 heteroatoms. The lowest BCUT2D eigenvalue weighted by atomic mass is 10.0. The highest BCUT2D eigenvalue weighted by molar-refractivity contribution is 6.06. The molecular formula is C27H32N2O2. The molecule has 1 heterocycles. The van der Waals surface area contributed by atoms with Crippen LogP contribution in [-0.4, -0.2) is 37.0 Å². The summed E-state index contributed by atoms with van der Waals surface area (Å²) in [6.45, 7) is 4.43. The van der Waals surface area contributed by atoms with E-state index in [1.165, 1.54) is 0 Å². The minimum atomic E-state index is -0.0306. The van der Waals surface area contributed by atoms with Crippen molar-refractivity contribution in [1.29, 1.82) is 0 Å². The quantitative estimate of drug-likeness (QED) is 0.711. The zero-order chi connectivity index (χ0) is 21.4. The van der Waals surface area contributed by atoms with E-state index in [2.05, 4.69) is 60.6 Å². The van der Waals surface area contributed by atoms with Gasteiger partial charge in [0.1, 0.15) is 11.9 Å². The summed E-state index contributed by atoms with van der Waals surface area (Å²) in [6.07, 6.45) is 8.73. The summed E-state index contributed by atoms with van der Waals surface area (Å²) in [7, 11) is 2.16. The van der Waals surface area contributed by atoms with Gasteiger partial charge in [0, 0.05) is 25.8 Å². The third-order valence-electron chi connectivity index (χ3n) is 6.95. The first-order valence-electron chi connectivity index (χ1n) is 11.3. The molecule has 3 aliphatic rings. The van der Waals surface area contributed by atoms with Crippen LogP contribution >= 0.6 is 0 Å². The maximum absolute atomic E-state index is 12.6. The second-order valence-corrected chi connectivity index (χ2v) is 9.17. The maximum atomic E-state index is 12.6. The highest BCUT2D eigenvalue weighted by atomic mass is 16.5. The van der Waals surface area contributed by atoms with Crippen LogP contribution in [-0.2, 0) is 4.79 Å². The maximum Gasteiger partial charge on any atom is 0.255 e. The smallest absolute Gasteiger partial charge is 0.255 e. The third kappa shape index (κ3) is 4.45. The number of hydrogen-bond donors (Lipinski definition) is 1. The molecule has 2 aromatic rings. The largest absolute Gasteiger partial charge is 0.490 e. The Labute approximate surface area is 186 Å². The van der Waals surface area contributed by atoms with Gasteiger partial charge in [0.15, 0.2) is 0 Å². The van der Waals surface area contributed by atoms with Crippen LogP contribution < -0.4 is 10.1 Å². The molecule has 2 fully saturated rings. The summed E-state index contributed by atoms with van der Waals surface area (Å²) in [5.41, 5.74) is 3.85. The molecule has 3 unspecified atom stereocenters. The monoisotopic (exact) mass is 416 g/mol. The van der Waals surface area contributed by atoms with Crippen LogP contribution in [0.4, 0.5) is 5.69 Å². The van der Waals surface area contributed by atoms with Crippen LogP contribution in [0.5, 0.6) is 5.75 Å². The van der Waals surface area contributed by atoms with E-state index >= 15 is 0 Å². The number of carbonyl (C=O) groups is 1. The molecule has 1 saturated carbocycles. The Morgan fingerprint density at radius 1 is 1.00 bits per heavy atom. The van der Waals surface area contributed by atoms with Gasteiger partial charge in [0.05, 0.1) is 0 Å². The Hall–Kier alpha value is -2.85. The Morgan fingerprint density at radius 3 is 2.29 bits per heavy atom. The Bertz CT molecular complexity index is 1000. The minimum absolute atomic E-state index is 0. The van der Waals surface area contributed by atoms with E-state index in [0.717, 1.165) is 54.1 Å². The summed E-state index contributed by atoms with van der Waals surface area (Å²) in [5.74, 6) is 2.75. The molecule has 1 aliphatic heterocycles.